The first kappa shape index (κ1) is 11.0. The molecule has 4 heteroatoms. The maximum Gasteiger partial charge on any atom is 0.0900 e. The van der Waals surface area contributed by atoms with E-state index >= 15 is 0 Å². The van der Waals surface area contributed by atoms with Crippen molar-refractivity contribution in [2.75, 3.05) is 13.2 Å². The predicted octanol–water partition coefficient (Wildman–Crippen LogP) is 2.20. The van der Waals surface area contributed by atoms with Crippen molar-refractivity contribution >= 4 is 11.3 Å². The molecule has 2 atom stereocenters. The Morgan fingerprint density at radius 2 is 2.33 bits per heavy atom. The molecule has 1 aliphatic rings. The van der Waals surface area contributed by atoms with E-state index in [2.05, 4.69) is 31.1 Å². The summed E-state index contributed by atoms with van der Waals surface area (Å²) < 4.78 is 5.35. The third-order valence-corrected chi connectivity index (χ3v) is 3.67. The highest BCUT2D eigenvalue weighted by Crippen LogP contribution is 2.23. The standard InChI is InChI=1S/C11H18N2OS/c1-7(12-10-4-5-14-6-10)11-8(2)15-9(3)13-11/h7,10,12H,4-6H2,1-3H3. The molecular formula is C11H18N2OS. The highest BCUT2D eigenvalue weighted by atomic mass is 32.1. The first-order valence-corrected chi connectivity index (χ1v) is 6.26. The van der Waals surface area contributed by atoms with Gasteiger partial charge in [-0.05, 0) is 27.2 Å². The number of nitrogens with zero attached hydrogens (tertiary/aromatic N) is 1. The van der Waals surface area contributed by atoms with Gasteiger partial charge < -0.3 is 10.1 Å². The zero-order valence-corrected chi connectivity index (χ0v) is 10.4. The molecule has 2 heterocycles. The number of aryl methyl sites for hydroxylation is 2. The summed E-state index contributed by atoms with van der Waals surface area (Å²) in [6.07, 6.45) is 1.12. The van der Waals surface area contributed by atoms with Crippen LogP contribution in [0.3, 0.4) is 0 Å². The molecular weight excluding hydrogens is 208 g/mol. The molecule has 1 aliphatic heterocycles. The summed E-state index contributed by atoms with van der Waals surface area (Å²) in [5, 5.41) is 4.72. The van der Waals surface area contributed by atoms with E-state index in [4.69, 9.17) is 4.74 Å². The van der Waals surface area contributed by atoms with Crippen LogP contribution in [0.15, 0.2) is 0 Å². The summed E-state index contributed by atoms with van der Waals surface area (Å²) in [6.45, 7) is 8.11. The van der Waals surface area contributed by atoms with Crippen LogP contribution in [-0.4, -0.2) is 24.2 Å². The van der Waals surface area contributed by atoms with Crippen LogP contribution in [-0.2, 0) is 4.74 Å². The molecule has 0 spiro atoms. The van der Waals surface area contributed by atoms with Gasteiger partial charge in [-0.2, -0.15) is 0 Å². The van der Waals surface area contributed by atoms with E-state index in [1.807, 2.05) is 0 Å². The first-order valence-electron chi connectivity index (χ1n) is 5.44. The SMILES string of the molecule is Cc1nc(C(C)NC2CCOC2)c(C)s1. The molecule has 1 aromatic heterocycles. The van der Waals surface area contributed by atoms with Gasteiger partial charge >= 0.3 is 0 Å². The number of rotatable bonds is 3. The molecule has 0 bridgehead atoms. The lowest BCUT2D eigenvalue weighted by Crippen LogP contribution is -2.32. The van der Waals surface area contributed by atoms with Gasteiger partial charge in [0.1, 0.15) is 0 Å². The van der Waals surface area contributed by atoms with Gasteiger partial charge in [-0.1, -0.05) is 0 Å². The predicted molar refractivity (Wildman–Crippen MR) is 62.4 cm³/mol. The first-order chi connectivity index (χ1) is 7.16. The molecule has 1 fully saturated rings. The molecule has 3 nitrogen and oxygen atoms in total. The van der Waals surface area contributed by atoms with Gasteiger partial charge in [0.25, 0.3) is 0 Å². The fourth-order valence-electron chi connectivity index (χ4n) is 2.05. The third kappa shape index (κ3) is 2.56. The van der Waals surface area contributed by atoms with E-state index in [1.54, 1.807) is 11.3 Å². The number of aromatic nitrogens is 1. The van der Waals surface area contributed by atoms with Crippen molar-refractivity contribution in [1.82, 2.24) is 10.3 Å². The minimum absolute atomic E-state index is 0.335. The molecule has 0 saturated carbocycles. The Balaban J connectivity index is 2.00. The quantitative estimate of drug-likeness (QED) is 0.858. The molecule has 1 aromatic rings. The molecule has 0 aliphatic carbocycles. The fraction of sp³-hybridized carbons (Fsp3) is 0.727. The van der Waals surface area contributed by atoms with E-state index < -0.39 is 0 Å². The molecule has 1 saturated heterocycles. The second kappa shape index (κ2) is 4.60. The van der Waals surface area contributed by atoms with Crippen LogP contribution in [0, 0.1) is 13.8 Å². The van der Waals surface area contributed by atoms with Gasteiger partial charge in [0.2, 0.25) is 0 Å². The summed E-state index contributed by atoms with van der Waals surface area (Å²) in [6, 6.07) is 0.836. The van der Waals surface area contributed by atoms with Crippen LogP contribution in [0.25, 0.3) is 0 Å². The van der Waals surface area contributed by atoms with Gasteiger partial charge in [0, 0.05) is 23.6 Å². The molecule has 0 aromatic carbocycles. The van der Waals surface area contributed by atoms with E-state index in [-0.39, 0.29) is 0 Å². The highest BCUT2D eigenvalue weighted by Gasteiger charge is 2.20. The van der Waals surface area contributed by atoms with Gasteiger partial charge in [-0.25, -0.2) is 4.98 Å². The van der Waals surface area contributed by atoms with Crippen molar-refractivity contribution in [2.45, 2.75) is 39.3 Å². The lowest BCUT2D eigenvalue weighted by atomic mass is 10.1. The Hall–Kier alpha value is -0.450. The Morgan fingerprint density at radius 1 is 1.53 bits per heavy atom. The lowest BCUT2D eigenvalue weighted by molar-refractivity contribution is 0.188. The van der Waals surface area contributed by atoms with Gasteiger partial charge in [0.05, 0.1) is 17.3 Å². The van der Waals surface area contributed by atoms with Crippen LogP contribution in [0.5, 0.6) is 0 Å². The van der Waals surface area contributed by atoms with Crippen molar-refractivity contribution in [3.05, 3.63) is 15.6 Å². The van der Waals surface area contributed by atoms with Gasteiger partial charge in [0.15, 0.2) is 0 Å². The van der Waals surface area contributed by atoms with Crippen molar-refractivity contribution in [1.29, 1.82) is 0 Å². The normalized spacial score (nSPS) is 23.3. The Bertz CT molecular complexity index is 331. The lowest BCUT2D eigenvalue weighted by Gasteiger charge is -2.17. The topological polar surface area (TPSA) is 34.2 Å². The van der Waals surface area contributed by atoms with Crippen LogP contribution >= 0.6 is 11.3 Å². The van der Waals surface area contributed by atoms with Crippen molar-refractivity contribution in [3.63, 3.8) is 0 Å². The van der Waals surface area contributed by atoms with Crippen LogP contribution < -0.4 is 5.32 Å². The average Bonchev–Trinajstić information content (AvgIpc) is 2.75. The minimum Gasteiger partial charge on any atom is -0.380 e. The Morgan fingerprint density at radius 3 is 2.87 bits per heavy atom. The molecule has 2 unspecified atom stereocenters. The maximum absolute atomic E-state index is 5.35. The van der Waals surface area contributed by atoms with Crippen LogP contribution in [0.1, 0.15) is 35.0 Å². The van der Waals surface area contributed by atoms with Crippen molar-refractivity contribution in [3.8, 4) is 0 Å². The summed E-state index contributed by atoms with van der Waals surface area (Å²) in [5.74, 6) is 0. The summed E-state index contributed by atoms with van der Waals surface area (Å²) in [4.78, 5) is 5.89. The zero-order valence-electron chi connectivity index (χ0n) is 9.54. The van der Waals surface area contributed by atoms with Crippen LogP contribution in [0.2, 0.25) is 0 Å². The van der Waals surface area contributed by atoms with Crippen LogP contribution in [0.4, 0.5) is 0 Å². The summed E-state index contributed by atoms with van der Waals surface area (Å²) in [7, 11) is 0. The van der Waals surface area contributed by atoms with E-state index in [0.717, 1.165) is 24.6 Å². The number of hydrogen-bond acceptors (Lipinski definition) is 4. The molecule has 2 rings (SSSR count). The number of hydrogen-bond donors (Lipinski definition) is 1. The third-order valence-electron chi connectivity index (χ3n) is 2.76. The summed E-state index contributed by atoms with van der Waals surface area (Å²) in [5.41, 5.74) is 1.20. The molecule has 0 amide bonds. The second-order valence-corrected chi connectivity index (χ2v) is 5.53. The zero-order chi connectivity index (χ0) is 10.8. The maximum atomic E-state index is 5.35. The van der Waals surface area contributed by atoms with E-state index in [1.165, 1.54) is 10.6 Å². The Kier molecular flexibility index (Phi) is 3.38. The van der Waals surface area contributed by atoms with E-state index in [0.29, 0.717) is 12.1 Å². The largest absolute Gasteiger partial charge is 0.380 e. The average molecular weight is 226 g/mol. The minimum atomic E-state index is 0.335. The smallest absolute Gasteiger partial charge is 0.0900 e. The van der Waals surface area contributed by atoms with E-state index in [9.17, 15) is 0 Å². The molecule has 1 N–H and O–H groups in total. The van der Waals surface area contributed by atoms with Gasteiger partial charge in [-0.3, -0.25) is 0 Å². The summed E-state index contributed by atoms with van der Waals surface area (Å²) >= 11 is 1.77. The second-order valence-electron chi connectivity index (χ2n) is 4.12. The number of ether oxygens (including phenoxy) is 1. The molecule has 84 valence electrons. The van der Waals surface area contributed by atoms with Crippen molar-refractivity contribution in [2.24, 2.45) is 0 Å². The Labute approximate surface area is 94.9 Å². The monoisotopic (exact) mass is 226 g/mol. The highest BCUT2D eigenvalue weighted by molar-refractivity contribution is 7.11. The molecule has 0 radical (unpaired) electrons. The fourth-order valence-corrected chi connectivity index (χ4v) is 2.96. The number of thiazole rings is 1. The molecule has 15 heavy (non-hydrogen) atoms. The van der Waals surface area contributed by atoms with Gasteiger partial charge in [-0.15, -0.1) is 11.3 Å². The number of nitrogens with one attached hydrogen (secondary N) is 1. The van der Waals surface area contributed by atoms with Crippen molar-refractivity contribution < 1.29 is 4.74 Å².